The van der Waals surface area contributed by atoms with Gasteiger partial charge in [-0.3, -0.25) is 4.79 Å². The molecule has 4 aromatic rings. The number of carbonyl (C=O) groups is 2. The van der Waals surface area contributed by atoms with Crippen LogP contribution in [0.4, 0.5) is 5.69 Å². The zero-order valence-electron chi connectivity index (χ0n) is 25.3. The molecule has 1 aliphatic carbocycles. The van der Waals surface area contributed by atoms with Gasteiger partial charge in [0.05, 0.1) is 18.0 Å². The molecule has 1 aliphatic rings. The van der Waals surface area contributed by atoms with E-state index in [0.29, 0.717) is 11.5 Å². The van der Waals surface area contributed by atoms with Crippen LogP contribution in [-0.4, -0.2) is 41.4 Å². The lowest BCUT2D eigenvalue weighted by Crippen LogP contribution is -2.42. The van der Waals surface area contributed by atoms with Crippen LogP contribution in [0.15, 0.2) is 102 Å². The van der Waals surface area contributed by atoms with Crippen LogP contribution in [0.3, 0.4) is 0 Å². The maximum atomic E-state index is 14.2. The van der Waals surface area contributed by atoms with Gasteiger partial charge in [-0.2, -0.15) is 4.31 Å². The molecule has 9 heteroatoms. The van der Waals surface area contributed by atoms with E-state index >= 15 is 0 Å². The van der Waals surface area contributed by atoms with Crippen LogP contribution in [0, 0.1) is 6.92 Å². The molecule has 234 valence electrons. The lowest BCUT2D eigenvalue weighted by molar-refractivity contribution is -0.119. The highest BCUT2D eigenvalue weighted by atomic mass is 32.2. The van der Waals surface area contributed by atoms with Crippen molar-refractivity contribution < 1.29 is 28.2 Å². The number of benzene rings is 4. The van der Waals surface area contributed by atoms with Gasteiger partial charge in [0.2, 0.25) is 15.9 Å². The summed E-state index contributed by atoms with van der Waals surface area (Å²) in [7, 11) is -4.09. The van der Waals surface area contributed by atoms with Gasteiger partial charge in [-0.15, -0.1) is 0 Å². The third-order valence-corrected chi connectivity index (χ3v) is 10.2. The summed E-state index contributed by atoms with van der Waals surface area (Å²) in [5.74, 6) is -1.80. The van der Waals surface area contributed by atoms with Crippen LogP contribution < -0.4 is 4.90 Å². The number of amides is 1. The Kier molecular flexibility index (Phi) is 10.0. The number of nitrogens with zero attached hydrogens (tertiary/aromatic N) is 2. The predicted molar refractivity (Wildman–Crippen MR) is 174 cm³/mol. The quantitative estimate of drug-likeness (QED) is 0.188. The largest absolute Gasteiger partial charge is 0.507 e. The third kappa shape index (κ3) is 7.79. The topological polar surface area (TPSA) is 115 Å². The molecule has 0 bridgehead atoms. The van der Waals surface area contributed by atoms with E-state index in [1.165, 1.54) is 60.1 Å². The molecule has 1 saturated carbocycles. The fourth-order valence-corrected chi connectivity index (χ4v) is 7.19. The first-order chi connectivity index (χ1) is 21.6. The number of aryl methyl sites for hydroxylation is 1. The number of carbonyl (C=O) groups excluding carboxylic acids is 1. The standard InChI is InChI=1S/C36H38N2O6S/c1-26-12-19-32(20-13-26)45(43,44)37(23-27-8-4-2-5-9-27)25-35(40)38(31-18-21-34(39)33(22-31)36(41)42)24-28-14-16-30(17-15-28)29-10-6-3-7-11-29/h2,4-5,8-9,12-22,29,39H,3,6-7,10-11,23-25H2,1H3,(H,41,42). The van der Waals surface area contributed by atoms with E-state index in [-0.39, 0.29) is 29.2 Å². The summed E-state index contributed by atoms with van der Waals surface area (Å²) in [6, 6.07) is 27.5. The summed E-state index contributed by atoms with van der Waals surface area (Å²) in [5, 5.41) is 19.8. The molecule has 0 aliphatic heterocycles. The van der Waals surface area contributed by atoms with Crippen molar-refractivity contribution in [1.29, 1.82) is 0 Å². The number of hydrogen-bond acceptors (Lipinski definition) is 5. The van der Waals surface area contributed by atoms with Crippen LogP contribution in [0.1, 0.15) is 70.6 Å². The Morgan fingerprint density at radius 2 is 1.44 bits per heavy atom. The molecule has 0 aromatic heterocycles. The lowest BCUT2D eigenvalue weighted by atomic mass is 9.84. The minimum absolute atomic E-state index is 0.0390. The van der Waals surface area contributed by atoms with Gasteiger partial charge >= 0.3 is 5.97 Å². The average molecular weight is 627 g/mol. The van der Waals surface area contributed by atoms with Gasteiger partial charge in [0, 0.05) is 12.2 Å². The Hall–Kier alpha value is -4.47. The number of phenols is 1. The highest BCUT2D eigenvalue weighted by Gasteiger charge is 2.30. The SMILES string of the molecule is Cc1ccc(S(=O)(=O)N(CC(=O)N(Cc2ccc(C3CCCCC3)cc2)c2ccc(O)c(C(=O)O)c2)Cc2ccccc2)cc1. The summed E-state index contributed by atoms with van der Waals surface area (Å²) < 4.78 is 29.0. The smallest absolute Gasteiger partial charge is 0.339 e. The van der Waals surface area contributed by atoms with Gasteiger partial charge in [-0.05, 0) is 72.7 Å². The second-order valence-electron chi connectivity index (χ2n) is 11.6. The summed E-state index contributed by atoms with van der Waals surface area (Å²) >= 11 is 0. The summed E-state index contributed by atoms with van der Waals surface area (Å²) in [5.41, 5.74) is 3.56. The number of rotatable bonds is 11. The predicted octanol–water partition coefficient (Wildman–Crippen LogP) is 6.87. The highest BCUT2D eigenvalue weighted by Crippen LogP contribution is 2.33. The van der Waals surface area contributed by atoms with Crippen molar-refractivity contribution >= 4 is 27.6 Å². The number of carboxylic acid groups (broad SMARTS) is 1. The molecule has 5 rings (SSSR count). The first-order valence-electron chi connectivity index (χ1n) is 15.2. The molecule has 0 unspecified atom stereocenters. The van der Waals surface area contributed by atoms with E-state index in [1.807, 2.05) is 25.1 Å². The molecule has 1 amide bonds. The normalized spacial score (nSPS) is 13.9. The number of sulfonamides is 1. The molecule has 0 radical (unpaired) electrons. The van der Waals surface area contributed by atoms with Crippen molar-refractivity contribution in [1.82, 2.24) is 4.31 Å². The van der Waals surface area contributed by atoms with Crippen molar-refractivity contribution in [2.75, 3.05) is 11.4 Å². The van der Waals surface area contributed by atoms with Crippen LogP contribution in [-0.2, 0) is 27.9 Å². The molecule has 1 fully saturated rings. The summed E-state index contributed by atoms with van der Waals surface area (Å²) in [4.78, 5) is 27.5. The van der Waals surface area contributed by atoms with Crippen molar-refractivity contribution in [3.8, 4) is 5.75 Å². The fourth-order valence-electron chi connectivity index (χ4n) is 5.81. The second-order valence-corrected chi connectivity index (χ2v) is 13.6. The average Bonchev–Trinajstić information content (AvgIpc) is 3.05. The lowest BCUT2D eigenvalue weighted by Gasteiger charge is -2.28. The van der Waals surface area contributed by atoms with Crippen LogP contribution in [0.5, 0.6) is 5.75 Å². The van der Waals surface area contributed by atoms with E-state index in [1.54, 1.807) is 36.4 Å². The third-order valence-electron chi connectivity index (χ3n) is 8.39. The summed E-state index contributed by atoms with van der Waals surface area (Å²) in [6.45, 7) is 1.42. The molecule has 0 atom stereocenters. The van der Waals surface area contributed by atoms with Crippen molar-refractivity contribution in [2.45, 2.75) is 62.9 Å². The Labute approximate surface area is 264 Å². The first-order valence-corrected chi connectivity index (χ1v) is 16.6. The Balaban J connectivity index is 1.49. The molecular weight excluding hydrogens is 588 g/mol. The van der Waals surface area contributed by atoms with E-state index in [4.69, 9.17) is 0 Å². The molecule has 0 saturated heterocycles. The van der Waals surface area contributed by atoms with E-state index < -0.39 is 34.2 Å². The molecular formula is C36H38N2O6S. The second kappa shape index (κ2) is 14.1. The van der Waals surface area contributed by atoms with Crippen molar-refractivity contribution in [3.05, 3.63) is 125 Å². The first kappa shape index (κ1) is 31.9. The number of aromatic carboxylic acids is 1. The van der Waals surface area contributed by atoms with Gasteiger partial charge in [0.15, 0.2) is 0 Å². The van der Waals surface area contributed by atoms with Gasteiger partial charge in [0.25, 0.3) is 0 Å². The Morgan fingerprint density at radius 1 is 0.800 bits per heavy atom. The van der Waals surface area contributed by atoms with E-state index in [9.17, 15) is 28.2 Å². The molecule has 0 spiro atoms. The number of anilines is 1. The number of carboxylic acids is 1. The molecule has 8 nitrogen and oxygen atoms in total. The van der Waals surface area contributed by atoms with Crippen molar-refractivity contribution in [3.63, 3.8) is 0 Å². The van der Waals surface area contributed by atoms with Crippen LogP contribution in [0.2, 0.25) is 0 Å². The van der Waals surface area contributed by atoms with Gasteiger partial charge in [-0.25, -0.2) is 13.2 Å². The van der Waals surface area contributed by atoms with Crippen LogP contribution in [0.25, 0.3) is 0 Å². The maximum absolute atomic E-state index is 14.2. The van der Waals surface area contributed by atoms with Gasteiger partial charge in [-0.1, -0.05) is 91.6 Å². The number of hydrogen-bond donors (Lipinski definition) is 2. The van der Waals surface area contributed by atoms with Gasteiger partial charge < -0.3 is 15.1 Å². The monoisotopic (exact) mass is 626 g/mol. The molecule has 4 aromatic carbocycles. The minimum Gasteiger partial charge on any atom is -0.507 e. The molecule has 2 N–H and O–H groups in total. The zero-order chi connectivity index (χ0) is 32.0. The summed E-state index contributed by atoms with van der Waals surface area (Å²) in [6.07, 6.45) is 6.00. The van der Waals surface area contributed by atoms with Crippen molar-refractivity contribution in [2.24, 2.45) is 0 Å². The molecule has 0 heterocycles. The zero-order valence-corrected chi connectivity index (χ0v) is 26.1. The highest BCUT2D eigenvalue weighted by molar-refractivity contribution is 7.89. The fraction of sp³-hybridized carbons (Fsp3) is 0.278. The minimum atomic E-state index is -4.09. The Bertz CT molecular complexity index is 1730. The number of aromatic hydroxyl groups is 1. The molecule has 45 heavy (non-hydrogen) atoms. The maximum Gasteiger partial charge on any atom is 0.339 e. The van der Waals surface area contributed by atoms with E-state index in [2.05, 4.69) is 12.1 Å². The Morgan fingerprint density at radius 3 is 2.09 bits per heavy atom. The van der Waals surface area contributed by atoms with E-state index in [0.717, 1.165) is 28.3 Å². The van der Waals surface area contributed by atoms with Crippen LogP contribution >= 0.6 is 0 Å². The van der Waals surface area contributed by atoms with Gasteiger partial charge in [0.1, 0.15) is 11.3 Å².